The van der Waals surface area contributed by atoms with Crippen molar-refractivity contribution in [3.05, 3.63) is 48.6 Å². The Morgan fingerprint density at radius 3 is 1.81 bits per heavy atom. The number of carbonyl (C=O) groups is 1. The highest BCUT2D eigenvalue weighted by atomic mass is 16.7. The molecule has 4 heteroatoms. The largest absolute Gasteiger partial charge is 0.469 e. The van der Waals surface area contributed by atoms with E-state index in [1.807, 2.05) is 13.8 Å². The molecule has 0 fully saturated rings. The first-order valence-corrected chi connectivity index (χ1v) is 9.64. The van der Waals surface area contributed by atoms with Crippen LogP contribution in [-0.2, 0) is 19.0 Å². The van der Waals surface area contributed by atoms with Crippen molar-refractivity contribution in [1.29, 1.82) is 0 Å². The van der Waals surface area contributed by atoms with Gasteiger partial charge in [-0.1, -0.05) is 48.6 Å². The maximum atomic E-state index is 10.9. The van der Waals surface area contributed by atoms with Crippen LogP contribution in [0.3, 0.4) is 0 Å². The molecule has 0 heterocycles. The third-order valence-corrected chi connectivity index (χ3v) is 3.50. The average molecular weight is 365 g/mol. The second kappa shape index (κ2) is 19.7. The summed E-state index contributed by atoms with van der Waals surface area (Å²) in [6, 6.07) is 0. The SMILES string of the molecule is CCOC(C/C=C\C/C=C\C/C=C\C/C=C\CCCC(=O)OC)OCC. The molecule has 0 spiro atoms. The molecular formula is C22H36O4. The van der Waals surface area contributed by atoms with Crippen molar-refractivity contribution in [3.8, 4) is 0 Å². The van der Waals surface area contributed by atoms with E-state index in [-0.39, 0.29) is 12.3 Å². The first kappa shape index (κ1) is 24.4. The van der Waals surface area contributed by atoms with Crippen LogP contribution in [0.1, 0.15) is 58.8 Å². The third-order valence-electron chi connectivity index (χ3n) is 3.50. The Hall–Kier alpha value is -1.65. The second-order valence-electron chi connectivity index (χ2n) is 5.64. The van der Waals surface area contributed by atoms with Crippen LogP contribution in [0.25, 0.3) is 0 Å². The summed E-state index contributed by atoms with van der Waals surface area (Å²) in [4.78, 5) is 10.9. The van der Waals surface area contributed by atoms with E-state index in [4.69, 9.17) is 9.47 Å². The quantitative estimate of drug-likeness (QED) is 0.157. The fourth-order valence-corrected chi connectivity index (χ4v) is 2.16. The third kappa shape index (κ3) is 17.2. The molecule has 0 rings (SSSR count). The zero-order valence-electron chi connectivity index (χ0n) is 16.7. The Bertz CT molecular complexity index is 429. The predicted molar refractivity (Wildman–Crippen MR) is 108 cm³/mol. The summed E-state index contributed by atoms with van der Waals surface area (Å²) in [6.45, 7) is 5.31. The standard InChI is InChI=1S/C22H36O4/c1-4-25-22(26-5-2)20-18-16-14-12-10-8-6-7-9-11-13-15-17-19-21(23)24-3/h6-7,10-13,16,18,22H,4-5,8-9,14-15,17,19-20H2,1-3H3/b7-6-,12-10-,13-11-,18-16-. The lowest BCUT2D eigenvalue weighted by atomic mass is 10.2. The number of carbonyl (C=O) groups excluding carboxylic acids is 1. The van der Waals surface area contributed by atoms with Crippen LogP contribution in [-0.4, -0.2) is 32.6 Å². The lowest BCUT2D eigenvalue weighted by Gasteiger charge is -2.14. The second-order valence-corrected chi connectivity index (χ2v) is 5.64. The summed E-state index contributed by atoms with van der Waals surface area (Å²) in [5.74, 6) is -0.136. The Balaban J connectivity index is 3.63. The first-order valence-electron chi connectivity index (χ1n) is 9.64. The van der Waals surface area contributed by atoms with Gasteiger partial charge in [-0.05, 0) is 46.0 Å². The van der Waals surface area contributed by atoms with Gasteiger partial charge in [-0.15, -0.1) is 0 Å². The molecule has 0 amide bonds. The van der Waals surface area contributed by atoms with Crippen molar-refractivity contribution in [1.82, 2.24) is 0 Å². The van der Waals surface area contributed by atoms with Crippen molar-refractivity contribution < 1.29 is 19.0 Å². The van der Waals surface area contributed by atoms with Crippen molar-refractivity contribution in [2.45, 2.75) is 65.1 Å². The highest BCUT2D eigenvalue weighted by Crippen LogP contribution is 2.03. The number of ether oxygens (including phenoxy) is 3. The molecule has 0 bridgehead atoms. The van der Waals surface area contributed by atoms with Crippen LogP contribution in [0.15, 0.2) is 48.6 Å². The van der Waals surface area contributed by atoms with E-state index in [0.29, 0.717) is 19.6 Å². The van der Waals surface area contributed by atoms with E-state index in [9.17, 15) is 4.79 Å². The van der Waals surface area contributed by atoms with Crippen LogP contribution >= 0.6 is 0 Å². The van der Waals surface area contributed by atoms with Gasteiger partial charge in [0.05, 0.1) is 7.11 Å². The minimum atomic E-state index is -0.136. The topological polar surface area (TPSA) is 44.8 Å². The molecule has 0 N–H and O–H groups in total. The lowest BCUT2D eigenvalue weighted by Crippen LogP contribution is -2.16. The van der Waals surface area contributed by atoms with Gasteiger partial charge in [0.25, 0.3) is 0 Å². The van der Waals surface area contributed by atoms with Crippen molar-refractivity contribution >= 4 is 5.97 Å². The minimum Gasteiger partial charge on any atom is -0.469 e. The molecule has 0 atom stereocenters. The summed E-state index contributed by atoms with van der Waals surface area (Å²) < 4.78 is 15.6. The van der Waals surface area contributed by atoms with Gasteiger partial charge in [-0.25, -0.2) is 0 Å². The zero-order chi connectivity index (χ0) is 19.3. The smallest absolute Gasteiger partial charge is 0.305 e. The Kier molecular flexibility index (Phi) is 18.4. The van der Waals surface area contributed by atoms with Crippen LogP contribution in [0.5, 0.6) is 0 Å². The molecule has 26 heavy (non-hydrogen) atoms. The van der Waals surface area contributed by atoms with Gasteiger partial charge in [0.15, 0.2) is 6.29 Å². The summed E-state index contributed by atoms with van der Waals surface area (Å²) in [5, 5.41) is 0. The van der Waals surface area contributed by atoms with E-state index >= 15 is 0 Å². The molecule has 0 aromatic rings. The molecule has 0 aliphatic carbocycles. The van der Waals surface area contributed by atoms with E-state index in [0.717, 1.165) is 38.5 Å². The number of unbranched alkanes of at least 4 members (excludes halogenated alkanes) is 1. The molecule has 0 saturated carbocycles. The monoisotopic (exact) mass is 364 g/mol. The van der Waals surface area contributed by atoms with Gasteiger partial charge < -0.3 is 14.2 Å². The van der Waals surface area contributed by atoms with Crippen LogP contribution in [0.4, 0.5) is 0 Å². The fourth-order valence-electron chi connectivity index (χ4n) is 2.16. The van der Waals surface area contributed by atoms with Gasteiger partial charge in [-0.3, -0.25) is 4.79 Å². The molecule has 148 valence electrons. The van der Waals surface area contributed by atoms with E-state index in [1.165, 1.54) is 7.11 Å². The summed E-state index contributed by atoms with van der Waals surface area (Å²) in [6.07, 6.45) is 22.9. The molecule has 0 aromatic heterocycles. The van der Waals surface area contributed by atoms with Crippen LogP contribution < -0.4 is 0 Å². The predicted octanol–water partition coefficient (Wildman–Crippen LogP) is 5.51. The molecular weight excluding hydrogens is 328 g/mol. The van der Waals surface area contributed by atoms with Gasteiger partial charge in [0.1, 0.15) is 0 Å². The number of hydrogen-bond acceptors (Lipinski definition) is 4. The normalized spacial score (nSPS) is 12.5. The highest BCUT2D eigenvalue weighted by molar-refractivity contribution is 5.69. The molecule has 0 saturated heterocycles. The molecule has 0 aliphatic heterocycles. The molecule has 0 aliphatic rings. The molecule has 0 radical (unpaired) electrons. The maximum absolute atomic E-state index is 10.9. The van der Waals surface area contributed by atoms with E-state index in [1.54, 1.807) is 0 Å². The molecule has 0 aromatic carbocycles. The maximum Gasteiger partial charge on any atom is 0.305 e. The fraction of sp³-hybridized carbons (Fsp3) is 0.591. The number of methoxy groups -OCH3 is 1. The number of hydrogen-bond donors (Lipinski definition) is 0. The van der Waals surface area contributed by atoms with Crippen LogP contribution in [0.2, 0.25) is 0 Å². The molecule has 0 unspecified atom stereocenters. The van der Waals surface area contributed by atoms with E-state index < -0.39 is 0 Å². The zero-order valence-corrected chi connectivity index (χ0v) is 16.7. The highest BCUT2D eigenvalue weighted by Gasteiger charge is 2.03. The number of allylic oxidation sites excluding steroid dienone is 7. The number of rotatable bonds is 16. The van der Waals surface area contributed by atoms with Crippen molar-refractivity contribution in [2.75, 3.05) is 20.3 Å². The Morgan fingerprint density at radius 1 is 0.808 bits per heavy atom. The summed E-state index contributed by atoms with van der Waals surface area (Å²) in [7, 11) is 1.42. The molecule has 4 nitrogen and oxygen atoms in total. The van der Waals surface area contributed by atoms with Gasteiger partial charge >= 0.3 is 5.97 Å². The Morgan fingerprint density at radius 2 is 1.31 bits per heavy atom. The van der Waals surface area contributed by atoms with Crippen molar-refractivity contribution in [2.24, 2.45) is 0 Å². The average Bonchev–Trinajstić information content (AvgIpc) is 2.64. The van der Waals surface area contributed by atoms with Gasteiger partial charge in [-0.2, -0.15) is 0 Å². The lowest BCUT2D eigenvalue weighted by molar-refractivity contribution is -0.140. The minimum absolute atomic E-state index is 0.123. The summed E-state index contributed by atoms with van der Waals surface area (Å²) >= 11 is 0. The van der Waals surface area contributed by atoms with Crippen molar-refractivity contribution in [3.63, 3.8) is 0 Å². The first-order chi connectivity index (χ1) is 12.7. The summed E-state index contributed by atoms with van der Waals surface area (Å²) in [5.41, 5.74) is 0. The van der Waals surface area contributed by atoms with E-state index in [2.05, 4.69) is 53.3 Å². The van der Waals surface area contributed by atoms with Gasteiger partial charge in [0.2, 0.25) is 0 Å². The van der Waals surface area contributed by atoms with Gasteiger partial charge in [0, 0.05) is 26.1 Å². The Labute approximate surface area is 159 Å². The number of esters is 1. The van der Waals surface area contributed by atoms with Crippen LogP contribution in [0, 0.1) is 0 Å².